The number of nitrogens with one attached hydrogen (secondary N) is 1. The summed E-state index contributed by atoms with van der Waals surface area (Å²) in [6, 6.07) is 12.3. The molecule has 2 rings (SSSR count). The van der Waals surface area contributed by atoms with Crippen molar-refractivity contribution in [2.75, 3.05) is 19.6 Å². The summed E-state index contributed by atoms with van der Waals surface area (Å²) in [5.41, 5.74) is 1.46. The molecule has 1 aromatic carbocycles. The smallest absolute Gasteiger partial charge is 0.0221 e. The lowest BCUT2D eigenvalue weighted by molar-refractivity contribution is 0.107. The molecule has 0 spiro atoms. The lowest BCUT2D eigenvalue weighted by Gasteiger charge is -2.42. The maximum atomic E-state index is 3.76. The molecule has 1 aliphatic heterocycles. The van der Waals surface area contributed by atoms with Crippen LogP contribution in [0.4, 0.5) is 0 Å². The lowest BCUT2D eigenvalue weighted by atomic mass is 9.94. The molecule has 1 fully saturated rings. The van der Waals surface area contributed by atoms with Crippen molar-refractivity contribution >= 4 is 0 Å². The van der Waals surface area contributed by atoms with Gasteiger partial charge < -0.3 is 5.32 Å². The van der Waals surface area contributed by atoms with Crippen LogP contribution in [-0.2, 0) is 6.42 Å². The van der Waals surface area contributed by atoms with Gasteiger partial charge in [0, 0.05) is 31.7 Å². The third-order valence-electron chi connectivity index (χ3n) is 4.90. The molecule has 1 aliphatic rings. The molecule has 0 aliphatic carbocycles. The fraction of sp³-hybridized carbons (Fsp3) is 0.667. The third-order valence-corrected chi connectivity index (χ3v) is 4.90. The summed E-state index contributed by atoms with van der Waals surface area (Å²) in [5.74, 6) is 0.770. The number of hydrogen-bond acceptors (Lipinski definition) is 2. The highest BCUT2D eigenvalue weighted by Crippen LogP contribution is 2.17. The van der Waals surface area contributed by atoms with Gasteiger partial charge in [-0.1, -0.05) is 57.5 Å². The molecule has 0 radical (unpaired) electrons. The van der Waals surface area contributed by atoms with E-state index >= 15 is 0 Å². The van der Waals surface area contributed by atoms with Gasteiger partial charge in [0.25, 0.3) is 0 Å². The second-order valence-corrected chi connectivity index (χ2v) is 6.19. The Morgan fingerprint density at radius 3 is 2.65 bits per heavy atom. The molecule has 2 nitrogen and oxygen atoms in total. The number of piperazine rings is 1. The molecule has 3 atom stereocenters. The monoisotopic (exact) mass is 274 g/mol. The van der Waals surface area contributed by atoms with Crippen LogP contribution in [0.5, 0.6) is 0 Å². The molecule has 3 unspecified atom stereocenters. The predicted octanol–water partition coefficient (Wildman–Crippen LogP) is 3.33. The van der Waals surface area contributed by atoms with Gasteiger partial charge in [-0.15, -0.1) is 0 Å². The molecule has 20 heavy (non-hydrogen) atoms. The Morgan fingerprint density at radius 1 is 1.25 bits per heavy atom. The van der Waals surface area contributed by atoms with E-state index in [0.717, 1.165) is 12.5 Å². The van der Waals surface area contributed by atoms with Crippen molar-refractivity contribution in [3.63, 3.8) is 0 Å². The van der Waals surface area contributed by atoms with Crippen LogP contribution >= 0.6 is 0 Å². The van der Waals surface area contributed by atoms with Crippen LogP contribution in [0.15, 0.2) is 30.3 Å². The first kappa shape index (κ1) is 15.5. The summed E-state index contributed by atoms with van der Waals surface area (Å²) in [4.78, 5) is 2.71. The summed E-state index contributed by atoms with van der Waals surface area (Å²) < 4.78 is 0. The van der Waals surface area contributed by atoms with Crippen molar-refractivity contribution in [3.05, 3.63) is 35.9 Å². The van der Waals surface area contributed by atoms with Gasteiger partial charge in [-0.2, -0.15) is 0 Å². The second-order valence-electron chi connectivity index (χ2n) is 6.19. The van der Waals surface area contributed by atoms with E-state index in [9.17, 15) is 0 Å². The molecule has 0 bridgehead atoms. The molecule has 112 valence electrons. The summed E-state index contributed by atoms with van der Waals surface area (Å²) in [7, 11) is 0. The van der Waals surface area contributed by atoms with Crippen molar-refractivity contribution in [2.24, 2.45) is 5.92 Å². The number of benzene rings is 1. The van der Waals surface area contributed by atoms with Crippen molar-refractivity contribution in [2.45, 2.75) is 52.1 Å². The number of rotatable bonds is 6. The molecule has 2 heteroatoms. The molecule has 0 amide bonds. The van der Waals surface area contributed by atoms with E-state index < -0.39 is 0 Å². The van der Waals surface area contributed by atoms with E-state index in [-0.39, 0.29) is 0 Å². The molecular weight excluding hydrogens is 244 g/mol. The van der Waals surface area contributed by atoms with Gasteiger partial charge in [0.1, 0.15) is 0 Å². The predicted molar refractivity (Wildman–Crippen MR) is 87.0 cm³/mol. The van der Waals surface area contributed by atoms with Crippen molar-refractivity contribution < 1.29 is 0 Å². The van der Waals surface area contributed by atoms with Crippen LogP contribution in [-0.4, -0.2) is 36.6 Å². The fourth-order valence-corrected chi connectivity index (χ4v) is 3.14. The summed E-state index contributed by atoms with van der Waals surface area (Å²) in [5, 5.41) is 3.76. The summed E-state index contributed by atoms with van der Waals surface area (Å²) in [6.45, 7) is 10.5. The van der Waals surface area contributed by atoms with E-state index in [1.807, 2.05) is 0 Å². The van der Waals surface area contributed by atoms with Crippen LogP contribution in [0.2, 0.25) is 0 Å². The van der Waals surface area contributed by atoms with Gasteiger partial charge >= 0.3 is 0 Å². The Morgan fingerprint density at radius 2 is 2.00 bits per heavy atom. The minimum absolute atomic E-state index is 0.665. The summed E-state index contributed by atoms with van der Waals surface area (Å²) in [6.07, 6.45) is 3.68. The zero-order valence-corrected chi connectivity index (χ0v) is 13.3. The molecule has 1 saturated heterocycles. The lowest BCUT2D eigenvalue weighted by Crippen LogP contribution is -2.58. The Hall–Kier alpha value is -0.860. The fourth-order valence-electron chi connectivity index (χ4n) is 3.14. The Labute approximate surface area is 124 Å². The Balaban J connectivity index is 1.91. The van der Waals surface area contributed by atoms with Gasteiger partial charge in [-0.05, 0) is 24.3 Å². The highest BCUT2D eigenvalue weighted by atomic mass is 15.2. The SMILES string of the molecule is CCC(C)C1CN(CCc2ccccc2)C(CC)CN1. The number of hydrogen-bond donors (Lipinski definition) is 1. The average Bonchev–Trinajstić information content (AvgIpc) is 2.52. The van der Waals surface area contributed by atoms with E-state index in [0.29, 0.717) is 12.1 Å². The van der Waals surface area contributed by atoms with Crippen molar-refractivity contribution in [3.8, 4) is 0 Å². The zero-order valence-electron chi connectivity index (χ0n) is 13.3. The number of nitrogens with zero attached hydrogens (tertiary/aromatic N) is 1. The maximum absolute atomic E-state index is 3.76. The molecular formula is C18H30N2. The normalized spacial score (nSPS) is 25.6. The topological polar surface area (TPSA) is 15.3 Å². The van der Waals surface area contributed by atoms with E-state index in [1.165, 1.54) is 37.9 Å². The molecule has 0 saturated carbocycles. The molecule has 1 N–H and O–H groups in total. The van der Waals surface area contributed by atoms with E-state index in [4.69, 9.17) is 0 Å². The third kappa shape index (κ3) is 4.07. The quantitative estimate of drug-likeness (QED) is 0.856. The van der Waals surface area contributed by atoms with Gasteiger partial charge in [0.05, 0.1) is 0 Å². The van der Waals surface area contributed by atoms with Crippen LogP contribution in [0, 0.1) is 5.92 Å². The molecule has 1 heterocycles. The van der Waals surface area contributed by atoms with Crippen molar-refractivity contribution in [1.29, 1.82) is 0 Å². The highest BCUT2D eigenvalue weighted by Gasteiger charge is 2.28. The van der Waals surface area contributed by atoms with Crippen LogP contribution in [0.3, 0.4) is 0 Å². The van der Waals surface area contributed by atoms with Gasteiger partial charge in [0.15, 0.2) is 0 Å². The summed E-state index contributed by atoms with van der Waals surface area (Å²) >= 11 is 0. The zero-order chi connectivity index (χ0) is 14.4. The van der Waals surface area contributed by atoms with E-state index in [2.05, 4.69) is 61.3 Å². The second kappa shape index (κ2) is 7.80. The van der Waals surface area contributed by atoms with Crippen molar-refractivity contribution in [1.82, 2.24) is 10.2 Å². The average molecular weight is 274 g/mol. The van der Waals surface area contributed by atoms with Gasteiger partial charge in [0.2, 0.25) is 0 Å². The van der Waals surface area contributed by atoms with Gasteiger partial charge in [-0.3, -0.25) is 4.90 Å². The van der Waals surface area contributed by atoms with Crippen LogP contribution in [0.25, 0.3) is 0 Å². The minimum atomic E-state index is 0.665. The highest BCUT2D eigenvalue weighted by molar-refractivity contribution is 5.15. The first-order valence-electron chi connectivity index (χ1n) is 8.26. The molecule has 0 aromatic heterocycles. The molecule has 1 aromatic rings. The maximum Gasteiger partial charge on any atom is 0.0221 e. The van der Waals surface area contributed by atoms with Crippen LogP contribution in [0.1, 0.15) is 39.2 Å². The van der Waals surface area contributed by atoms with E-state index in [1.54, 1.807) is 0 Å². The first-order valence-corrected chi connectivity index (χ1v) is 8.26. The Kier molecular flexibility index (Phi) is 6.06. The first-order chi connectivity index (χ1) is 9.74. The largest absolute Gasteiger partial charge is 0.311 e. The Bertz CT molecular complexity index is 376. The van der Waals surface area contributed by atoms with Crippen LogP contribution < -0.4 is 5.32 Å². The standard InChI is InChI=1S/C18H30N2/c1-4-15(3)18-14-20(17(5-2)13-19-18)12-11-16-9-7-6-8-10-16/h6-10,15,17-19H,4-5,11-14H2,1-3H3. The minimum Gasteiger partial charge on any atom is -0.311 e. The van der Waals surface area contributed by atoms with Gasteiger partial charge in [-0.25, -0.2) is 0 Å².